The van der Waals surface area contributed by atoms with E-state index in [2.05, 4.69) is 39.8 Å². The summed E-state index contributed by atoms with van der Waals surface area (Å²) in [6, 6.07) is 0. The maximum absolute atomic E-state index is 11.6. The monoisotopic (exact) mass is 262 g/mol. The summed E-state index contributed by atoms with van der Waals surface area (Å²) in [6.45, 7) is 11.0. The molecular formula is C17H26O2. The van der Waals surface area contributed by atoms with Crippen molar-refractivity contribution in [3.8, 4) is 0 Å². The molecule has 2 nitrogen and oxygen atoms in total. The van der Waals surface area contributed by atoms with Crippen LogP contribution in [0.5, 0.6) is 0 Å². The summed E-state index contributed by atoms with van der Waals surface area (Å²) in [5, 5.41) is 0. The zero-order valence-corrected chi connectivity index (χ0v) is 12.8. The van der Waals surface area contributed by atoms with Gasteiger partial charge in [-0.05, 0) is 36.0 Å². The number of rotatable bonds is 1. The van der Waals surface area contributed by atoms with Gasteiger partial charge in [-0.15, -0.1) is 0 Å². The number of hydrogen-bond acceptors (Lipinski definition) is 2. The predicted molar refractivity (Wildman–Crippen MR) is 75.5 cm³/mol. The Morgan fingerprint density at radius 1 is 1.26 bits per heavy atom. The number of carbonyl (C=O) groups excluding carboxylic acids is 1. The van der Waals surface area contributed by atoms with E-state index in [0.717, 1.165) is 6.42 Å². The molecule has 0 N–H and O–H groups in total. The second-order valence-electron chi connectivity index (χ2n) is 8.00. The average molecular weight is 262 g/mol. The van der Waals surface area contributed by atoms with Gasteiger partial charge >= 0.3 is 5.97 Å². The highest BCUT2D eigenvalue weighted by molar-refractivity contribution is 5.66. The summed E-state index contributed by atoms with van der Waals surface area (Å²) in [4.78, 5) is 11.6. The number of allylic oxidation sites excluding steroid dienone is 2. The van der Waals surface area contributed by atoms with Gasteiger partial charge < -0.3 is 4.74 Å². The first kappa shape index (κ1) is 13.2. The second kappa shape index (κ2) is 3.65. The van der Waals surface area contributed by atoms with Crippen LogP contribution >= 0.6 is 0 Å². The first-order valence-corrected chi connectivity index (χ1v) is 7.57. The summed E-state index contributed by atoms with van der Waals surface area (Å²) >= 11 is 0. The third-order valence-electron chi connectivity index (χ3n) is 6.67. The van der Waals surface area contributed by atoms with Crippen LogP contribution in [-0.4, -0.2) is 12.1 Å². The molecule has 0 aliphatic heterocycles. The van der Waals surface area contributed by atoms with Gasteiger partial charge in [0.2, 0.25) is 0 Å². The highest BCUT2D eigenvalue weighted by Gasteiger charge is 2.71. The number of ether oxygens (including phenoxy) is 1. The summed E-state index contributed by atoms with van der Waals surface area (Å²) in [7, 11) is 0. The van der Waals surface area contributed by atoms with Crippen LogP contribution in [0.15, 0.2) is 12.2 Å². The summed E-state index contributed by atoms with van der Waals surface area (Å²) in [5.41, 5.74) is 0.533. The SMILES string of the molecule is CC(=O)O[C@@H]1[C@@H]2[C@@H]3CC[C@@]1(C)[C@]3(C)C=CCC2(C)C. The van der Waals surface area contributed by atoms with Crippen LogP contribution in [0.3, 0.4) is 0 Å². The molecule has 0 unspecified atom stereocenters. The molecule has 2 fully saturated rings. The van der Waals surface area contributed by atoms with Crippen molar-refractivity contribution in [3.63, 3.8) is 0 Å². The zero-order valence-electron chi connectivity index (χ0n) is 12.8. The van der Waals surface area contributed by atoms with Crippen molar-refractivity contribution in [1.29, 1.82) is 0 Å². The minimum atomic E-state index is -0.119. The van der Waals surface area contributed by atoms with Gasteiger partial charge in [0.25, 0.3) is 0 Å². The fraction of sp³-hybridized carbons (Fsp3) is 0.824. The lowest BCUT2D eigenvalue weighted by Crippen LogP contribution is -2.45. The lowest BCUT2D eigenvalue weighted by Gasteiger charge is -2.45. The van der Waals surface area contributed by atoms with Crippen molar-refractivity contribution in [2.75, 3.05) is 0 Å². The van der Waals surface area contributed by atoms with Gasteiger partial charge in [-0.2, -0.15) is 0 Å². The Balaban J connectivity index is 2.12. The number of hydrogen-bond donors (Lipinski definition) is 0. The molecule has 0 aromatic heterocycles. The minimum absolute atomic E-state index is 0.0914. The first-order valence-electron chi connectivity index (χ1n) is 7.57. The summed E-state index contributed by atoms with van der Waals surface area (Å²) in [5.74, 6) is 1.04. The largest absolute Gasteiger partial charge is 0.462 e. The van der Waals surface area contributed by atoms with E-state index >= 15 is 0 Å². The molecule has 3 aliphatic rings. The minimum Gasteiger partial charge on any atom is -0.462 e. The van der Waals surface area contributed by atoms with Crippen LogP contribution in [0.2, 0.25) is 0 Å². The highest BCUT2D eigenvalue weighted by atomic mass is 16.5. The van der Waals surface area contributed by atoms with E-state index in [-0.39, 0.29) is 28.3 Å². The molecule has 0 aromatic carbocycles. The third kappa shape index (κ3) is 1.46. The van der Waals surface area contributed by atoms with Gasteiger partial charge in [0.05, 0.1) is 0 Å². The van der Waals surface area contributed by atoms with Gasteiger partial charge in [-0.3, -0.25) is 4.79 Å². The molecular weight excluding hydrogens is 236 g/mol. The van der Waals surface area contributed by atoms with Gasteiger partial charge in [-0.1, -0.05) is 39.8 Å². The second-order valence-corrected chi connectivity index (χ2v) is 8.00. The predicted octanol–water partition coefficient (Wildman–Crippen LogP) is 3.96. The van der Waals surface area contributed by atoms with Crippen LogP contribution in [0.1, 0.15) is 53.9 Å². The molecule has 0 radical (unpaired) electrons. The Morgan fingerprint density at radius 2 is 1.95 bits per heavy atom. The molecule has 0 spiro atoms. The van der Waals surface area contributed by atoms with E-state index in [1.165, 1.54) is 12.8 Å². The van der Waals surface area contributed by atoms with Crippen molar-refractivity contribution in [1.82, 2.24) is 0 Å². The van der Waals surface area contributed by atoms with Crippen LogP contribution < -0.4 is 0 Å². The van der Waals surface area contributed by atoms with Crippen molar-refractivity contribution in [2.24, 2.45) is 28.1 Å². The number of carbonyl (C=O) groups is 1. The Hall–Kier alpha value is -0.790. The quantitative estimate of drug-likeness (QED) is 0.528. The number of esters is 1. The van der Waals surface area contributed by atoms with Crippen molar-refractivity contribution in [2.45, 2.75) is 60.0 Å². The molecule has 5 atom stereocenters. The normalized spacial score (nSPS) is 50.1. The maximum atomic E-state index is 11.6. The topological polar surface area (TPSA) is 26.3 Å². The van der Waals surface area contributed by atoms with Crippen molar-refractivity contribution < 1.29 is 9.53 Å². The molecule has 3 aliphatic carbocycles. The summed E-state index contributed by atoms with van der Waals surface area (Å²) in [6.07, 6.45) is 8.47. The van der Waals surface area contributed by atoms with Gasteiger partial charge in [0.1, 0.15) is 6.10 Å². The molecule has 0 saturated heterocycles. The maximum Gasteiger partial charge on any atom is 0.302 e. The molecule has 0 heterocycles. The fourth-order valence-corrected chi connectivity index (χ4v) is 5.45. The molecule has 3 rings (SSSR count). The third-order valence-corrected chi connectivity index (χ3v) is 6.67. The molecule has 0 amide bonds. The van der Waals surface area contributed by atoms with E-state index in [1.807, 2.05) is 0 Å². The van der Waals surface area contributed by atoms with E-state index in [4.69, 9.17) is 4.74 Å². The van der Waals surface area contributed by atoms with E-state index < -0.39 is 0 Å². The van der Waals surface area contributed by atoms with Crippen molar-refractivity contribution >= 4 is 5.97 Å². The van der Waals surface area contributed by atoms with Gasteiger partial charge in [-0.25, -0.2) is 0 Å². The standard InChI is InChI=1S/C17H26O2/c1-11(18)19-14-13-12-7-10-17(14,5)16(12,4)9-6-8-15(13,2)3/h6,9,12-14H,7-8,10H2,1-5H3/t12-,13-,14+,16+,17+/m0/s1. The smallest absolute Gasteiger partial charge is 0.302 e. The molecule has 4 bridgehead atoms. The molecule has 19 heavy (non-hydrogen) atoms. The van der Waals surface area contributed by atoms with Crippen molar-refractivity contribution in [3.05, 3.63) is 12.2 Å². The highest BCUT2D eigenvalue weighted by Crippen LogP contribution is 2.73. The Labute approximate surface area is 116 Å². The molecule has 0 aromatic rings. The van der Waals surface area contributed by atoms with E-state index in [0.29, 0.717) is 11.8 Å². The van der Waals surface area contributed by atoms with E-state index in [9.17, 15) is 4.79 Å². The van der Waals surface area contributed by atoms with Crippen LogP contribution in [0.4, 0.5) is 0 Å². The van der Waals surface area contributed by atoms with E-state index in [1.54, 1.807) is 6.92 Å². The molecule has 106 valence electrons. The van der Waals surface area contributed by atoms with Crippen LogP contribution in [0.25, 0.3) is 0 Å². The molecule has 2 heteroatoms. The Kier molecular flexibility index (Phi) is 2.54. The van der Waals surface area contributed by atoms with Gasteiger partial charge in [0, 0.05) is 18.3 Å². The fourth-order valence-electron chi connectivity index (χ4n) is 5.45. The summed E-state index contributed by atoms with van der Waals surface area (Å²) < 4.78 is 5.85. The molecule has 2 saturated carbocycles. The Morgan fingerprint density at radius 3 is 2.58 bits per heavy atom. The van der Waals surface area contributed by atoms with Gasteiger partial charge in [0.15, 0.2) is 0 Å². The van der Waals surface area contributed by atoms with Crippen LogP contribution in [0, 0.1) is 28.1 Å². The lowest BCUT2D eigenvalue weighted by atomic mass is 9.64. The lowest BCUT2D eigenvalue weighted by molar-refractivity contribution is -0.161. The first-order chi connectivity index (χ1) is 8.72. The Bertz CT molecular complexity index is 450. The zero-order chi connectivity index (χ0) is 14.1. The van der Waals surface area contributed by atoms with Crippen LogP contribution in [-0.2, 0) is 9.53 Å². The average Bonchev–Trinajstić information content (AvgIpc) is 2.57.